The number of hydrogen-bond acceptors (Lipinski definition) is 6. The van der Waals surface area contributed by atoms with Gasteiger partial charge < -0.3 is 19.2 Å². The van der Waals surface area contributed by atoms with E-state index in [1.54, 1.807) is 12.1 Å². The Labute approximate surface area is 214 Å². The van der Waals surface area contributed by atoms with E-state index in [0.29, 0.717) is 34.4 Å². The third-order valence-corrected chi connectivity index (χ3v) is 11.6. The normalized spacial score (nSPS) is 16.4. The minimum absolute atomic E-state index is 0.102. The molecule has 6 nitrogen and oxygen atoms in total. The average molecular weight is 526 g/mol. The van der Waals surface area contributed by atoms with E-state index < -0.39 is 8.32 Å². The summed E-state index contributed by atoms with van der Waals surface area (Å²) in [5.74, 6) is 1.82. The number of aromatic nitrogens is 2. The predicted molar refractivity (Wildman–Crippen MR) is 143 cm³/mol. The minimum atomic E-state index is -1.94. The molecular formula is C25H36Cl2N3O3Si. The summed E-state index contributed by atoms with van der Waals surface area (Å²) in [4.78, 5) is 9.25. The predicted octanol–water partition coefficient (Wildman–Crippen LogP) is 6.95. The molecule has 1 aromatic heterocycles. The SMILES string of the molecule is [CH2]C(COc1cc(Cl)cc(-c2nc(Cl)c(C)c(NC3CCOCC3)n2)c1)O[Si](C)(C)C(C)(C)C. The van der Waals surface area contributed by atoms with E-state index in [1.165, 1.54) is 0 Å². The van der Waals surface area contributed by atoms with Crippen molar-refractivity contribution in [2.45, 2.75) is 70.8 Å². The van der Waals surface area contributed by atoms with Crippen molar-refractivity contribution in [3.63, 3.8) is 0 Å². The van der Waals surface area contributed by atoms with E-state index >= 15 is 0 Å². The first-order valence-corrected chi connectivity index (χ1v) is 15.4. The van der Waals surface area contributed by atoms with Gasteiger partial charge in [-0.3, -0.25) is 0 Å². The van der Waals surface area contributed by atoms with Gasteiger partial charge in [-0.2, -0.15) is 0 Å². The van der Waals surface area contributed by atoms with Crippen LogP contribution in [0.3, 0.4) is 0 Å². The topological polar surface area (TPSA) is 65.5 Å². The molecule has 1 aliphatic rings. The van der Waals surface area contributed by atoms with Crippen molar-refractivity contribution >= 4 is 37.3 Å². The number of benzene rings is 1. The van der Waals surface area contributed by atoms with Crippen LogP contribution in [-0.2, 0) is 9.16 Å². The second-order valence-electron chi connectivity index (χ2n) is 10.3. The molecule has 0 spiro atoms. The summed E-state index contributed by atoms with van der Waals surface area (Å²) >= 11 is 12.9. The molecule has 3 rings (SSSR count). The molecule has 0 aliphatic carbocycles. The Morgan fingerprint density at radius 2 is 1.85 bits per heavy atom. The van der Waals surface area contributed by atoms with Crippen LogP contribution in [0.1, 0.15) is 39.2 Å². The van der Waals surface area contributed by atoms with Crippen molar-refractivity contribution < 1.29 is 13.9 Å². The Kier molecular flexibility index (Phi) is 8.90. The first kappa shape index (κ1) is 27.2. The van der Waals surface area contributed by atoms with Crippen LogP contribution in [0.5, 0.6) is 5.75 Å². The second kappa shape index (κ2) is 11.1. The van der Waals surface area contributed by atoms with E-state index in [9.17, 15) is 0 Å². The molecule has 1 saturated heterocycles. The van der Waals surface area contributed by atoms with Gasteiger partial charge in [-0.25, -0.2) is 9.97 Å². The quantitative estimate of drug-likeness (QED) is 0.297. The summed E-state index contributed by atoms with van der Waals surface area (Å²) in [5.41, 5.74) is 1.54. The monoisotopic (exact) mass is 524 g/mol. The lowest BCUT2D eigenvalue weighted by atomic mass is 10.1. The van der Waals surface area contributed by atoms with Crippen LogP contribution in [0.4, 0.5) is 5.82 Å². The van der Waals surface area contributed by atoms with E-state index in [1.807, 2.05) is 13.0 Å². The van der Waals surface area contributed by atoms with E-state index in [2.05, 4.69) is 51.1 Å². The number of rotatable bonds is 8. The van der Waals surface area contributed by atoms with Gasteiger partial charge in [-0.05, 0) is 63.0 Å². The van der Waals surface area contributed by atoms with Crippen LogP contribution >= 0.6 is 23.2 Å². The number of hydrogen-bond donors (Lipinski definition) is 1. The van der Waals surface area contributed by atoms with Gasteiger partial charge in [0.1, 0.15) is 23.3 Å². The largest absolute Gasteiger partial charge is 0.491 e. The molecule has 9 heteroatoms. The molecule has 1 atom stereocenters. The summed E-state index contributed by atoms with van der Waals surface area (Å²) < 4.78 is 17.8. The molecule has 2 aromatic rings. The molecule has 2 heterocycles. The highest BCUT2D eigenvalue weighted by atomic mass is 35.5. The summed E-state index contributed by atoms with van der Waals surface area (Å²) in [5, 5.41) is 4.54. The molecule has 1 aromatic carbocycles. The molecule has 1 fully saturated rings. The van der Waals surface area contributed by atoms with Gasteiger partial charge in [0.15, 0.2) is 14.1 Å². The van der Waals surface area contributed by atoms with Crippen molar-refractivity contribution in [3.8, 4) is 17.1 Å². The lowest BCUT2D eigenvalue weighted by Gasteiger charge is -2.38. The van der Waals surface area contributed by atoms with Crippen LogP contribution in [0.25, 0.3) is 11.4 Å². The molecule has 0 bridgehead atoms. The Morgan fingerprint density at radius 3 is 2.50 bits per heavy atom. The minimum Gasteiger partial charge on any atom is -0.491 e. The lowest BCUT2D eigenvalue weighted by Crippen LogP contribution is -2.44. The fraction of sp³-hybridized carbons (Fsp3) is 0.560. The standard InChI is InChI=1S/C25H36Cl2N3O3Si/c1-16(33-34(6,7)25(3,4)5)15-32-21-13-18(12-19(26)14-21)24-29-22(27)17(2)23(30-24)28-20-8-10-31-11-9-20/h12-14,16,20H,1,8-11,15H2,2-7H3,(H,28,29,30). The zero-order chi connectivity index (χ0) is 25.1. The Hall–Kier alpha value is -1.38. The van der Waals surface area contributed by atoms with Crippen LogP contribution in [0, 0.1) is 13.8 Å². The number of nitrogens with one attached hydrogen (secondary N) is 1. The van der Waals surface area contributed by atoms with E-state index in [0.717, 1.165) is 43.0 Å². The first-order valence-electron chi connectivity index (χ1n) is 11.7. The fourth-order valence-corrected chi connectivity index (χ4v) is 5.04. The Bertz CT molecular complexity index is 992. The number of anilines is 1. The smallest absolute Gasteiger partial charge is 0.192 e. The van der Waals surface area contributed by atoms with E-state index in [4.69, 9.17) is 42.1 Å². The zero-order valence-corrected chi connectivity index (χ0v) is 23.5. The lowest BCUT2D eigenvalue weighted by molar-refractivity contribution is 0.0904. The highest BCUT2D eigenvalue weighted by molar-refractivity contribution is 6.74. The van der Waals surface area contributed by atoms with E-state index in [-0.39, 0.29) is 11.1 Å². The Balaban J connectivity index is 1.76. The van der Waals surface area contributed by atoms with Crippen LogP contribution in [0.15, 0.2) is 18.2 Å². The van der Waals surface area contributed by atoms with Gasteiger partial charge in [0, 0.05) is 35.4 Å². The molecule has 1 unspecified atom stereocenters. The summed E-state index contributed by atoms with van der Waals surface area (Å²) in [6.07, 6.45) is 1.56. The average Bonchev–Trinajstić information content (AvgIpc) is 2.74. The summed E-state index contributed by atoms with van der Waals surface area (Å²) in [6.45, 7) is 18.9. The Morgan fingerprint density at radius 1 is 1.18 bits per heavy atom. The van der Waals surface area contributed by atoms with Crippen molar-refractivity contribution in [1.29, 1.82) is 0 Å². The van der Waals surface area contributed by atoms with Crippen LogP contribution in [0.2, 0.25) is 28.3 Å². The highest BCUT2D eigenvalue weighted by Crippen LogP contribution is 2.37. The highest BCUT2D eigenvalue weighted by Gasteiger charge is 2.38. The number of nitrogens with zero attached hydrogens (tertiary/aromatic N) is 2. The maximum Gasteiger partial charge on any atom is 0.192 e. The van der Waals surface area contributed by atoms with Gasteiger partial charge in [0.25, 0.3) is 0 Å². The first-order chi connectivity index (χ1) is 15.9. The molecule has 1 N–H and O–H groups in total. The van der Waals surface area contributed by atoms with Crippen LogP contribution in [-0.4, -0.2) is 50.3 Å². The molecule has 0 amide bonds. The van der Waals surface area contributed by atoms with Crippen molar-refractivity contribution in [2.24, 2.45) is 0 Å². The number of ether oxygens (including phenoxy) is 2. The van der Waals surface area contributed by atoms with Gasteiger partial charge >= 0.3 is 0 Å². The maximum atomic E-state index is 6.47. The summed E-state index contributed by atoms with van der Waals surface area (Å²) in [7, 11) is -1.94. The molecule has 1 aliphatic heterocycles. The molecule has 1 radical (unpaired) electrons. The van der Waals surface area contributed by atoms with Gasteiger partial charge in [0.2, 0.25) is 0 Å². The molecule has 34 heavy (non-hydrogen) atoms. The van der Waals surface area contributed by atoms with Crippen molar-refractivity contribution in [3.05, 3.63) is 40.9 Å². The van der Waals surface area contributed by atoms with Crippen LogP contribution < -0.4 is 10.1 Å². The van der Waals surface area contributed by atoms with Crippen molar-refractivity contribution in [2.75, 3.05) is 25.1 Å². The third-order valence-electron chi connectivity index (χ3n) is 6.48. The van der Waals surface area contributed by atoms with Gasteiger partial charge in [0.05, 0.1) is 6.10 Å². The molecular weight excluding hydrogens is 489 g/mol. The molecule has 0 saturated carbocycles. The third kappa shape index (κ3) is 7.07. The second-order valence-corrected chi connectivity index (χ2v) is 15.9. The fourth-order valence-electron chi connectivity index (χ4n) is 3.39. The van der Waals surface area contributed by atoms with Gasteiger partial charge in [-0.1, -0.05) is 44.0 Å². The molecule has 187 valence electrons. The van der Waals surface area contributed by atoms with Gasteiger partial charge in [-0.15, -0.1) is 0 Å². The number of halogens is 2. The summed E-state index contributed by atoms with van der Waals surface area (Å²) in [6, 6.07) is 5.73. The zero-order valence-electron chi connectivity index (χ0n) is 21.0. The maximum absolute atomic E-state index is 6.47. The van der Waals surface area contributed by atoms with Crippen molar-refractivity contribution in [1.82, 2.24) is 9.97 Å².